The van der Waals surface area contributed by atoms with Crippen LogP contribution in [0.25, 0.3) is 0 Å². The minimum absolute atomic E-state index is 0.0693. The van der Waals surface area contributed by atoms with Crippen molar-refractivity contribution in [1.29, 1.82) is 0 Å². The number of methoxy groups -OCH3 is 1. The molecule has 3 aromatic rings. The zero-order valence-electron chi connectivity index (χ0n) is 16.1. The summed E-state index contributed by atoms with van der Waals surface area (Å²) < 4.78 is 38.4. The van der Waals surface area contributed by atoms with Gasteiger partial charge in [-0.3, -0.25) is 4.72 Å². The molecule has 1 aromatic heterocycles. The van der Waals surface area contributed by atoms with Gasteiger partial charge in [0, 0.05) is 0 Å². The van der Waals surface area contributed by atoms with Gasteiger partial charge < -0.3 is 20.3 Å². The van der Waals surface area contributed by atoms with Crippen LogP contribution in [0.1, 0.15) is 11.6 Å². The molecule has 9 nitrogen and oxygen atoms in total. The molecule has 0 spiro atoms. The zero-order chi connectivity index (χ0) is 22.6. The smallest absolute Gasteiger partial charge is 0.264 e. The second kappa shape index (κ2) is 9.67. The summed E-state index contributed by atoms with van der Waals surface area (Å²) >= 11 is 11.9. The lowest BCUT2D eigenvalue weighted by Crippen LogP contribution is -2.16. The van der Waals surface area contributed by atoms with E-state index >= 15 is 0 Å². The Balaban J connectivity index is 1.82. The van der Waals surface area contributed by atoms with Gasteiger partial charge in [-0.1, -0.05) is 41.4 Å². The number of nitrogens with zero attached hydrogens (tertiary/aromatic N) is 2. The van der Waals surface area contributed by atoms with Crippen molar-refractivity contribution in [3.63, 3.8) is 0 Å². The number of aromatic nitrogens is 2. The van der Waals surface area contributed by atoms with E-state index in [0.717, 1.165) is 5.56 Å². The first kappa shape index (κ1) is 23.0. The second-order valence-corrected chi connectivity index (χ2v) is 8.62. The van der Waals surface area contributed by atoms with Crippen LogP contribution in [0.2, 0.25) is 10.0 Å². The molecule has 0 unspecified atom stereocenters. The maximum absolute atomic E-state index is 12.7. The van der Waals surface area contributed by atoms with Gasteiger partial charge in [0.25, 0.3) is 15.9 Å². The number of halogens is 2. The molecular weight excluding hydrogens is 467 g/mol. The highest BCUT2D eigenvalue weighted by molar-refractivity contribution is 7.92. The molecule has 12 heteroatoms. The van der Waals surface area contributed by atoms with Gasteiger partial charge in [-0.05, 0) is 29.8 Å². The molecule has 164 valence electrons. The number of hydrogen-bond acceptors (Lipinski definition) is 8. The van der Waals surface area contributed by atoms with Crippen LogP contribution in [0.5, 0.6) is 17.5 Å². The summed E-state index contributed by atoms with van der Waals surface area (Å²) in [5, 5.41) is 9.08. The number of aliphatic hydroxyl groups excluding tert-OH is 1. The van der Waals surface area contributed by atoms with Crippen molar-refractivity contribution < 1.29 is 23.0 Å². The molecule has 0 aliphatic heterocycles. The van der Waals surface area contributed by atoms with Crippen molar-refractivity contribution in [3.8, 4) is 17.5 Å². The van der Waals surface area contributed by atoms with Gasteiger partial charge in [-0.25, -0.2) is 13.4 Å². The Morgan fingerprint density at radius 1 is 1.19 bits per heavy atom. The third-order valence-electron chi connectivity index (χ3n) is 4.08. The molecule has 0 amide bonds. The molecular formula is C19H18Cl2N4O5S. The van der Waals surface area contributed by atoms with Gasteiger partial charge in [0.1, 0.15) is 10.6 Å². The van der Waals surface area contributed by atoms with E-state index in [1.165, 1.54) is 31.5 Å². The summed E-state index contributed by atoms with van der Waals surface area (Å²) in [7, 11) is -2.80. The van der Waals surface area contributed by atoms with E-state index in [4.69, 9.17) is 43.5 Å². The molecule has 1 heterocycles. The zero-order valence-corrected chi connectivity index (χ0v) is 18.4. The average molecular weight is 485 g/mol. The number of ether oxygens (including phenoxy) is 2. The van der Waals surface area contributed by atoms with Crippen molar-refractivity contribution in [2.45, 2.75) is 10.9 Å². The maximum Gasteiger partial charge on any atom is 0.264 e. The molecule has 0 aliphatic carbocycles. The molecule has 2 aromatic carbocycles. The molecule has 0 saturated carbocycles. The van der Waals surface area contributed by atoms with Gasteiger partial charge in [0.05, 0.1) is 36.0 Å². The summed E-state index contributed by atoms with van der Waals surface area (Å²) in [5.41, 5.74) is 6.50. The maximum atomic E-state index is 12.7. The van der Waals surface area contributed by atoms with Crippen LogP contribution in [0.15, 0.2) is 53.6 Å². The predicted octanol–water partition coefficient (Wildman–Crippen LogP) is 3.38. The first-order valence-electron chi connectivity index (χ1n) is 8.77. The monoisotopic (exact) mass is 484 g/mol. The van der Waals surface area contributed by atoms with E-state index in [0.29, 0.717) is 5.75 Å². The van der Waals surface area contributed by atoms with Crippen LogP contribution in [-0.2, 0) is 10.0 Å². The third kappa shape index (κ3) is 5.35. The number of hydrogen-bond donors (Lipinski definition) is 3. The normalized spacial score (nSPS) is 12.3. The van der Waals surface area contributed by atoms with Gasteiger partial charge in [0.15, 0.2) is 0 Å². The number of benzene rings is 2. The molecule has 0 aliphatic rings. The molecule has 0 bridgehead atoms. The topological polar surface area (TPSA) is 137 Å². The summed E-state index contributed by atoms with van der Waals surface area (Å²) in [6.07, 6.45) is 1.23. The number of sulfonamides is 1. The Morgan fingerprint density at radius 2 is 1.90 bits per heavy atom. The highest BCUT2D eigenvalue weighted by atomic mass is 35.5. The standard InChI is InChI=1S/C19H18Cl2N4O5S/c1-29-19-18(25-31(27,28)15-4-2-3-13(20)17(15)21)23-9-16(24-19)30-12-7-5-11(6-8-12)14(22)10-26/h2-9,14,26H,10,22H2,1H3,(H,23,25)/t14-/m1/s1. The van der Waals surface area contributed by atoms with E-state index in [9.17, 15) is 8.42 Å². The quantitative estimate of drug-likeness (QED) is 0.442. The number of rotatable bonds is 8. The number of nitrogens with one attached hydrogen (secondary N) is 1. The minimum atomic E-state index is -4.11. The SMILES string of the molecule is COc1nc(Oc2ccc([C@H](N)CO)cc2)cnc1NS(=O)(=O)c1cccc(Cl)c1Cl. The molecule has 0 fully saturated rings. The second-order valence-electron chi connectivity index (χ2n) is 6.18. The lowest BCUT2D eigenvalue weighted by molar-refractivity contribution is 0.268. The van der Waals surface area contributed by atoms with Crippen LogP contribution in [-0.4, -0.2) is 37.2 Å². The van der Waals surface area contributed by atoms with Gasteiger partial charge >= 0.3 is 0 Å². The Hall–Kier alpha value is -2.63. The van der Waals surface area contributed by atoms with Crippen molar-refractivity contribution in [1.82, 2.24) is 9.97 Å². The number of aliphatic hydroxyl groups is 1. The summed E-state index contributed by atoms with van der Waals surface area (Å²) in [6.45, 7) is -0.180. The average Bonchev–Trinajstić information content (AvgIpc) is 2.76. The van der Waals surface area contributed by atoms with Crippen LogP contribution in [0, 0.1) is 0 Å². The Kier molecular flexibility index (Phi) is 7.19. The van der Waals surface area contributed by atoms with Crippen molar-refractivity contribution >= 4 is 39.0 Å². The largest absolute Gasteiger partial charge is 0.478 e. The van der Waals surface area contributed by atoms with Gasteiger partial charge in [-0.2, -0.15) is 4.98 Å². The van der Waals surface area contributed by atoms with Gasteiger partial charge in [-0.15, -0.1) is 0 Å². The summed E-state index contributed by atoms with van der Waals surface area (Å²) in [5.74, 6) is 0.234. The molecule has 31 heavy (non-hydrogen) atoms. The Bertz CT molecular complexity index is 1180. The van der Waals surface area contributed by atoms with Crippen LogP contribution >= 0.6 is 23.2 Å². The van der Waals surface area contributed by atoms with E-state index < -0.39 is 16.1 Å². The predicted molar refractivity (Wildman–Crippen MR) is 116 cm³/mol. The fourth-order valence-electron chi connectivity index (χ4n) is 2.50. The van der Waals surface area contributed by atoms with E-state index in [1.807, 2.05) is 0 Å². The molecule has 4 N–H and O–H groups in total. The van der Waals surface area contributed by atoms with Crippen molar-refractivity contribution in [2.75, 3.05) is 18.4 Å². The fourth-order valence-corrected chi connectivity index (χ4v) is 4.27. The molecule has 0 radical (unpaired) electrons. The highest BCUT2D eigenvalue weighted by Gasteiger charge is 2.23. The Morgan fingerprint density at radius 3 is 2.55 bits per heavy atom. The lowest BCUT2D eigenvalue weighted by Gasteiger charge is -2.13. The molecule has 0 saturated heterocycles. The van der Waals surface area contributed by atoms with Crippen LogP contribution < -0.4 is 19.9 Å². The van der Waals surface area contributed by atoms with E-state index in [1.54, 1.807) is 24.3 Å². The summed E-state index contributed by atoms with van der Waals surface area (Å²) in [4.78, 5) is 7.94. The van der Waals surface area contributed by atoms with Gasteiger partial charge in [0.2, 0.25) is 11.7 Å². The van der Waals surface area contributed by atoms with Crippen molar-refractivity contribution in [2.24, 2.45) is 5.73 Å². The minimum Gasteiger partial charge on any atom is -0.478 e. The van der Waals surface area contributed by atoms with E-state index in [-0.39, 0.29) is 39.1 Å². The fraction of sp³-hybridized carbons (Fsp3) is 0.158. The first-order chi connectivity index (χ1) is 14.7. The third-order valence-corrected chi connectivity index (χ3v) is 6.39. The summed E-state index contributed by atoms with van der Waals surface area (Å²) in [6, 6.07) is 10.5. The number of nitrogens with two attached hydrogens (primary N) is 1. The lowest BCUT2D eigenvalue weighted by atomic mass is 10.1. The molecule has 1 atom stereocenters. The van der Waals surface area contributed by atoms with Crippen LogP contribution in [0.4, 0.5) is 5.82 Å². The van der Waals surface area contributed by atoms with Crippen LogP contribution in [0.3, 0.4) is 0 Å². The first-order valence-corrected chi connectivity index (χ1v) is 11.0. The Labute approximate surface area is 188 Å². The molecule has 3 rings (SSSR count). The number of anilines is 1. The van der Waals surface area contributed by atoms with E-state index in [2.05, 4.69) is 14.7 Å². The van der Waals surface area contributed by atoms with Crippen molar-refractivity contribution in [3.05, 3.63) is 64.3 Å². The highest BCUT2D eigenvalue weighted by Crippen LogP contribution is 2.32.